The number of likely N-dealkylation sites (tertiary alicyclic amines) is 1. The maximum absolute atomic E-state index is 12.8. The first-order valence-electron chi connectivity index (χ1n) is 9.69. The fraction of sp³-hybridized carbons (Fsp3) is 0.391. The Morgan fingerprint density at radius 2 is 1.72 bits per heavy atom. The highest BCUT2D eigenvalue weighted by molar-refractivity contribution is 5.98. The molecule has 1 aliphatic heterocycles. The molecule has 1 heterocycles. The van der Waals surface area contributed by atoms with Gasteiger partial charge >= 0.3 is 0 Å². The molecule has 2 amide bonds. The van der Waals surface area contributed by atoms with Crippen LogP contribution in [0, 0.1) is 26.7 Å². The van der Waals surface area contributed by atoms with Crippen molar-refractivity contribution < 1.29 is 19.1 Å². The number of amides is 2. The van der Waals surface area contributed by atoms with E-state index in [9.17, 15) is 9.59 Å². The number of aryl methyl sites for hydroxylation is 3. The van der Waals surface area contributed by atoms with E-state index in [1.165, 1.54) is 0 Å². The molecular weight excluding hydrogens is 368 g/mol. The van der Waals surface area contributed by atoms with Crippen LogP contribution < -0.4 is 14.8 Å². The number of hydrogen-bond donors (Lipinski definition) is 1. The van der Waals surface area contributed by atoms with E-state index in [1.54, 1.807) is 19.1 Å². The maximum Gasteiger partial charge on any atom is 0.229 e. The third kappa shape index (κ3) is 4.53. The summed E-state index contributed by atoms with van der Waals surface area (Å²) in [6, 6.07) is 9.68. The molecule has 1 N–H and O–H groups in total. The lowest BCUT2D eigenvalue weighted by Crippen LogP contribution is -2.28. The van der Waals surface area contributed by atoms with Gasteiger partial charge in [0, 0.05) is 25.2 Å². The minimum Gasteiger partial charge on any atom is -0.493 e. The lowest BCUT2D eigenvalue weighted by atomic mass is 10.0. The average Bonchev–Trinajstić information content (AvgIpc) is 3.04. The minimum atomic E-state index is -0.359. The summed E-state index contributed by atoms with van der Waals surface area (Å²) >= 11 is 0. The molecule has 6 heteroatoms. The van der Waals surface area contributed by atoms with Gasteiger partial charge in [-0.3, -0.25) is 9.59 Å². The van der Waals surface area contributed by atoms with E-state index in [-0.39, 0.29) is 24.2 Å². The molecule has 1 unspecified atom stereocenters. The Balaban J connectivity index is 1.68. The van der Waals surface area contributed by atoms with Gasteiger partial charge in [0.15, 0.2) is 11.5 Å². The molecule has 3 rings (SSSR count). The number of rotatable bonds is 6. The smallest absolute Gasteiger partial charge is 0.229 e. The van der Waals surface area contributed by atoms with Crippen LogP contribution in [-0.4, -0.2) is 37.5 Å². The van der Waals surface area contributed by atoms with Crippen molar-refractivity contribution in [3.8, 4) is 11.5 Å². The Morgan fingerprint density at radius 3 is 2.34 bits per heavy atom. The molecule has 1 fully saturated rings. The molecule has 29 heavy (non-hydrogen) atoms. The molecule has 0 spiro atoms. The van der Waals surface area contributed by atoms with Crippen molar-refractivity contribution in [1.29, 1.82) is 0 Å². The van der Waals surface area contributed by atoms with Crippen LogP contribution in [0.15, 0.2) is 30.3 Å². The number of hydrogen-bond acceptors (Lipinski definition) is 4. The van der Waals surface area contributed by atoms with Gasteiger partial charge in [-0.05, 0) is 49.6 Å². The lowest BCUT2D eigenvalue weighted by Gasteiger charge is -2.18. The fourth-order valence-electron chi connectivity index (χ4n) is 3.90. The number of nitrogens with one attached hydrogen (secondary N) is 1. The molecule has 6 nitrogen and oxygen atoms in total. The number of ether oxygens (including phenoxy) is 2. The zero-order valence-electron chi connectivity index (χ0n) is 17.7. The minimum absolute atomic E-state index is 0.0164. The third-order valence-electron chi connectivity index (χ3n) is 5.33. The molecule has 1 atom stereocenters. The van der Waals surface area contributed by atoms with E-state index in [0.717, 1.165) is 27.9 Å². The quantitative estimate of drug-likeness (QED) is 0.810. The van der Waals surface area contributed by atoms with Crippen LogP contribution in [0.4, 0.5) is 5.69 Å². The van der Waals surface area contributed by atoms with Crippen LogP contribution in [0.3, 0.4) is 0 Å². The highest BCUT2D eigenvalue weighted by Gasteiger charge is 2.34. The van der Waals surface area contributed by atoms with Crippen molar-refractivity contribution in [2.75, 3.05) is 26.1 Å². The van der Waals surface area contributed by atoms with E-state index < -0.39 is 0 Å². The van der Waals surface area contributed by atoms with Gasteiger partial charge in [0.2, 0.25) is 11.8 Å². The lowest BCUT2D eigenvalue weighted by molar-refractivity contribution is -0.128. The highest BCUT2D eigenvalue weighted by atomic mass is 16.5. The number of carbonyl (C=O) groups excluding carboxylic acids is 2. The zero-order chi connectivity index (χ0) is 21.1. The van der Waals surface area contributed by atoms with Crippen molar-refractivity contribution >= 4 is 17.5 Å². The first-order valence-corrected chi connectivity index (χ1v) is 9.69. The summed E-state index contributed by atoms with van der Waals surface area (Å²) in [4.78, 5) is 27.0. The monoisotopic (exact) mass is 396 g/mol. The number of benzene rings is 2. The summed E-state index contributed by atoms with van der Waals surface area (Å²) < 4.78 is 10.6. The van der Waals surface area contributed by atoms with E-state index in [1.807, 2.05) is 51.1 Å². The molecule has 154 valence electrons. The first kappa shape index (κ1) is 20.7. The first-order chi connectivity index (χ1) is 13.8. The fourth-order valence-corrected chi connectivity index (χ4v) is 3.90. The molecule has 2 aromatic rings. The molecule has 0 aromatic heterocycles. The summed E-state index contributed by atoms with van der Waals surface area (Å²) in [5, 5.41) is 3.03. The van der Waals surface area contributed by atoms with Gasteiger partial charge in [0.1, 0.15) is 0 Å². The number of carbonyl (C=O) groups is 2. The second-order valence-electron chi connectivity index (χ2n) is 7.63. The average molecular weight is 396 g/mol. The Kier molecular flexibility index (Phi) is 6.11. The zero-order valence-corrected chi connectivity index (χ0v) is 17.7. The molecule has 2 aromatic carbocycles. The van der Waals surface area contributed by atoms with Gasteiger partial charge < -0.3 is 19.7 Å². The Hall–Kier alpha value is -3.02. The summed E-state index contributed by atoms with van der Waals surface area (Å²) in [6.45, 7) is 6.85. The van der Waals surface area contributed by atoms with Gasteiger partial charge in [-0.2, -0.15) is 0 Å². The molecule has 0 radical (unpaired) electrons. The van der Waals surface area contributed by atoms with Crippen molar-refractivity contribution in [2.45, 2.75) is 33.7 Å². The van der Waals surface area contributed by atoms with Crippen LogP contribution in [0.25, 0.3) is 0 Å². The maximum atomic E-state index is 12.8. The Morgan fingerprint density at radius 1 is 1.07 bits per heavy atom. The van der Waals surface area contributed by atoms with E-state index in [2.05, 4.69) is 5.32 Å². The van der Waals surface area contributed by atoms with Gasteiger partial charge in [0.25, 0.3) is 0 Å². The number of nitrogens with zero attached hydrogens (tertiary/aromatic N) is 1. The molecule has 1 saturated heterocycles. The van der Waals surface area contributed by atoms with Gasteiger partial charge in [-0.1, -0.05) is 23.8 Å². The van der Waals surface area contributed by atoms with Crippen molar-refractivity contribution in [3.05, 3.63) is 52.6 Å². The second-order valence-corrected chi connectivity index (χ2v) is 7.63. The van der Waals surface area contributed by atoms with Crippen LogP contribution in [0.5, 0.6) is 11.5 Å². The molecule has 0 saturated carbocycles. The van der Waals surface area contributed by atoms with Gasteiger partial charge in [0.05, 0.1) is 20.1 Å². The summed E-state index contributed by atoms with van der Waals surface area (Å²) in [6.07, 6.45) is 0.225. The number of anilines is 1. The van der Waals surface area contributed by atoms with Gasteiger partial charge in [-0.15, -0.1) is 0 Å². The molecule has 0 bridgehead atoms. The van der Waals surface area contributed by atoms with Crippen molar-refractivity contribution in [3.63, 3.8) is 0 Å². The summed E-state index contributed by atoms with van der Waals surface area (Å²) in [7, 11) is 3.17. The van der Waals surface area contributed by atoms with Crippen molar-refractivity contribution in [2.24, 2.45) is 5.92 Å². The SMILES string of the molecule is COc1ccc(CN2CC(C(=O)Nc3c(C)cc(C)cc3C)CC2=O)cc1OC. The van der Waals surface area contributed by atoms with E-state index >= 15 is 0 Å². The normalized spacial score (nSPS) is 16.1. The van der Waals surface area contributed by atoms with E-state index in [4.69, 9.17) is 9.47 Å². The van der Waals surface area contributed by atoms with Crippen LogP contribution in [-0.2, 0) is 16.1 Å². The largest absolute Gasteiger partial charge is 0.493 e. The van der Waals surface area contributed by atoms with Crippen LogP contribution in [0.1, 0.15) is 28.7 Å². The summed E-state index contributed by atoms with van der Waals surface area (Å²) in [5.41, 5.74) is 4.99. The Labute approximate surface area is 171 Å². The van der Waals surface area contributed by atoms with E-state index in [0.29, 0.717) is 24.6 Å². The molecule has 1 aliphatic rings. The highest BCUT2D eigenvalue weighted by Crippen LogP contribution is 2.30. The topological polar surface area (TPSA) is 67.9 Å². The predicted molar refractivity (Wildman–Crippen MR) is 112 cm³/mol. The van der Waals surface area contributed by atoms with Crippen LogP contribution in [0.2, 0.25) is 0 Å². The Bertz CT molecular complexity index is 915. The van der Waals surface area contributed by atoms with Gasteiger partial charge in [-0.25, -0.2) is 0 Å². The standard InChI is InChI=1S/C23H28N2O4/c1-14-8-15(2)22(16(3)9-14)24-23(27)18-11-21(26)25(13-18)12-17-6-7-19(28-4)20(10-17)29-5/h6-10,18H,11-13H2,1-5H3,(H,24,27). The molecular formula is C23H28N2O4. The predicted octanol–water partition coefficient (Wildman–Crippen LogP) is 3.62. The molecule has 0 aliphatic carbocycles. The van der Waals surface area contributed by atoms with Crippen LogP contribution >= 0.6 is 0 Å². The van der Waals surface area contributed by atoms with Crippen molar-refractivity contribution in [1.82, 2.24) is 4.90 Å². The summed E-state index contributed by atoms with van der Waals surface area (Å²) in [5.74, 6) is 0.782. The third-order valence-corrected chi connectivity index (χ3v) is 5.33. The number of methoxy groups -OCH3 is 2. The second kappa shape index (κ2) is 8.55.